The maximum atomic E-state index is 13.2. The first kappa shape index (κ1) is 22.0. The van der Waals surface area contributed by atoms with Gasteiger partial charge in [0, 0.05) is 43.5 Å². The van der Waals surface area contributed by atoms with E-state index in [4.69, 9.17) is 4.74 Å². The number of piperidine rings is 1. The first-order chi connectivity index (χ1) is 16.1. The number of likely N-dealkylation sites (tertiary alicyclic amines) is 1. The minimum atomic E-state index is 0.160. The molecule has 0 saturated carbocycles. The maximum Gasteiger partial charge on any atom is 0.253 e. The van der Waals surface area contributed by atoms with Gasteiger partial charge in [-0.05, 0) is 79.8 Å². The van der Waals surface area contributed by atoms with Crippen LogP contribution < -0.4 is 4.74 Å². The Balaban J connectivity index is 1.24. The van der Waals surface area contributed by atoms with Crippen LogP contribution in [0, 0.1) is 5.41 Å². The normalized spacial score (nSPS) is 20.0. The van der Waals surface area contributed by atoms with Crippen LogP contribution in [0.1, 0.15) is 48.0 Å². The average Bonchev–Trinajstić information content (AvgIpc) is 3.30. The average molecular weight is 446 g/mol. The Hall–Kier alpha value is -2.79. The van der Waals surface area contributed by atoms with Crippen molar-refractivity contribution in [2.24, 2.45) is 5.41 Å². The van der Waals surface area contributed by atoms with Crippen LogP contribution in [0.15, 0.2) is 54.7 Å². The van der Waals surface area contributed by atoms with E-state index in [1.807, 2.05) is 30.5 Å². The standard InChI is InChI=1S/C28H35N3O2/c1-30-18-19-33-26-8-3-2-6-23(26)7-4-5-12-28(21-30)13-16-31(17-14-28)27(32)24-10-9-22-11-15-29-25(22)20-24/h2-3,6,8-11,15,20,29H,4-5,7,12-14,16-19,21H2,1H3. The molecule has 0 aliphatic carbocycles. The highest BCUT2D eigenvalue weighted by Gasteiger charge is 2.36. The first-order valence-electron chi connectivity index (χ1n) is 12.4. The van der Waals surface area contributed by atoms with Gasteiger partial charge in [-0.1, -0.05) is 30.7 Å². The third-order valence-electron chi connectivity index (χ3n) is 7.63. The highest BCUT2D eigenvalue weighted by molar-refractivity contribution is 5.98. The molecule has 1 amide bonds. The van der Waals surface area contributed by atoms with Crippen molar-refractivity contribution in [1.82, 2.24) is 14.8 Å². The zero-order chi connectivity index (χ0) is 22.7. The maximum absolute atomic E-state index is 13.2. The summed E-state index contributed by atoms with van der Waals surface area (Å²) in [6, 6.07) is 16.5. The molecule has 1 fully saturated rings. The van der Waals surface area contributed by atoms with Crippen molar-refractivity contribution in [2.45, 2.75) is 38.5 Å². The second-order valence-corrected chi connectivity index (χ2v) is 9.97. The SMILES string of the molecule is CN1CCOc2ccccc2CCCCC2(CCN(C(=O)c3ccc4cc[nH]c4c3)CC2)C1. The molecule has 5 rings (SSSR count). The quantitative estimate of drug-likeness (QED) is 0.565. The van der Waals surface area contributed by atoms with E-state index in [0.717, 1.165) is 74.3 Å². The van der Waals surface area contributed by atoms with Crippen LogP contribution in [-0.2, 0) is 6.42 Å². The van der Waals surface area contributed by atoms with Gasteiger partial charge < -0.3 is 19.5 Å². The summed E-state index contributed by atoms with van der Waals surface area (Å²) in [6.07, 6.45) is 8.79. The van der Waals surface area contributed by atoms with Crippen LogP contribution in [-0.4, -0.2) is 60.5 Å². The Bertz CT molecular complexity index is 1100. The zero-order valence-electron chi connectivity index (χ0n) is 19.7. The van der Waals surface area contributed by atoms with Gasteiger partial charge in [0.05, 0.1) is 0 Å². The first-order valence-corrected chi connectivity index (χ1v) is 12.4. The number of hydrogen-bond acceptors (Lipinski definition) is 3. The number of aromatic amines is 1. The molecule has 3 aromatic rings. The lowest BCUT2D eigenvalue weighted by molar-refractivity contribution is 0.0425. The van der Waals surface area contributed by atoms with Gasteiger partial charge in [0.25, 0.3) is 5.91 Å². The highest BCUT2D eigenvalue weighted by atomic mass is 16.5. The fraction of sp³-hybridized carbons (Fsp3) is 0.464. The largest absolute Gasteiger partial charge is 0.492 e. The number of aromatic nitrogens is 1. The minimum Gasteiger partial charge on any atom is -0.492 e. The molecule has 0 bridgehead atoms. The fourth-order valence-electron chi connectivity index (χ4n) is 5.66. The van der Waals surface area contributed by atoms with Gasteiger partial charge in [-0.25, -0.2) is 0 Å². The molecule has 1 N–H and O–H groups in total. The van der Waals surface area contributed by atoms with Crippen molar-refractivity contribution in [3.8, 4) is 5.75 Å². The van der Waals surface area contributed by atoms with Crippen LogP contribution in [0.4, 0.5) is 0 Å². The number of benzene rings is 2. The summed E-state index contributed by atoms with van der Waals surface area (Å²) in [6.45, 7) is 4.41. The van der Waals surface area contributed by atoms with Crippen LogP contribution in [0.2, 0.25) is 0 Å². The number of carbonyl (C=O) groups excluding carboxylic acids is 1. The molecule has 1 saturated heterocycles. The Morgan fingerprint density at radius 1 is 1.00 bits per heavy atom. The molecular formula is C28H35N3O2. The summed E-state index contributed by atoms with van der Waals surface area (Å²) in [5.41, 5.74) is 3.43. The van der Waals surface area contributed by atoms with Crippen molar-refractivity contribution in [1.29, 1.82) is 0 Å². The van der Waals surface area contributed by atoms with E-state index in [-0.39, 0.29) is 11.3 Å². The molecule has 1 aromatic heterocycles. The lowest BCUT2D eigenvalue weighted by Crippen LogP contribution is -2.48. The predicted octanol–water partition coefficient (Wildman–Crippen LogP) is 5.13. The molecule has 33 heavy (non-hydrogen) atoms. The highest BCUT2D eigenvalue weighted by Crippen LogP contribution is 2.38. The summed E-state index contributed by atoms with van der Waals surface area (Å²) in [7, 11) is 2.21. The van der Waals surface area contributed by atoms with E-state index >= 15 is 0 Å². The predicted molar refractivity (Wildman–Crippen MR) is 133 cm³/mol. The van der Waals surface area contributed by atoms with Crippen LogP contribution >= 0.6 is 0 Å². The molecule has 2 aromatic carbocycles. The molecule has 0 radical (unpaired) electrons. The molecule has 5 heteroatoms. The third-order valence-corrected chi connectivity index (χ3v) is 7.63. The van der Waals surface area contributed by atoms with Gasteiger partial charge in [0.15, 0.2) is 0 Å². The van der Waals surface area contributed by atoms with E-state index in [2.05, 4.69) is 46.1 Å². The molecule has 2 aliphatic rings. The van der Waals surface area contributed by atoms with E-state index in [9.17, 15) is 4.79 Å². The molecular weight excluding hydrogens is 410 g/mol. The van der Waals surface area contributed by atoms with Crippen LogP contribution in [0.3, 0.4) is 0 Å². The van der Waals surface area contributed by atoms with Crippen LogP contribution in [0.25, 0.3) is 10.9 Å². The summed E-state index contributed by atoms with van der Waals surface area (Å²) < 4.78 is 6.13. The van der Waals surface area contributed by atoms with Gasteiger partial charge >= 0.3 is 0 Å². The van der Waals surface area contributed by atoms with Gasteiger partial charge in [-0.2, -0.15) is 0 Å². The smallest absolute Gasteiger partial charge is 0.253 e. The van der Waals surface area contributed by atoms with E-state index < -0.39 is 0 Å². The second-order valence-electron chi connectivity index (χ2n) is 9.97. The van der Waals surface area contributed by atoms with Gasteiger partial charge in [0.2, 0.25) is 0 Å². The number of nitrogens with one attached hydrogen (secondary N) is 1. The van der Waals surface area contributed by atoms with Gasteiger partial charge in [-0.3, -0.25) is 4.79 Å². The lowest BCUT2D eigenvalue weighted by atomic mass is 9.73. The number of aryl methyl sites for hydroxylation is 1. The van der Waals surface area contributed by atoms with Crippen LogP contribution in [0.5, 0.6) is 5.75 Å². The second kappa shape index (κ2) is 9.60. The Kier molecular flexibility index (Phi) is 6.41. The number of amides is 1. The third kappa shape index (κ3) is 4.93. The summed E-state index contributed by atoms with van der Waals surface area (Å²) in [4.78, 5) is 20.9. The lowest BCUT2D eigenvalue weighted by Gasteiger charge is -2.44. The number of para-hydroxylation sites is 1. The van der Waals surface area contributed by atoms with Crippen molar-refractivity contribution >= 4 is 16.8 Å². The molecule has 0 unspecified atom stereocenters. The number of H-pyrrole nitrogens is 1. The molecule has 3 heterocycles. The number of rotatable bonds is 1. The molecule has 0 atom stereocenters. The Morgan fingerprint density at radius 3 is 2.73 bits per heavy atom. The zero-order valence-corrected chi connectivity index (χ0v) is 19.7. The van der Waals surface area contributed by atoms with Gasteiger partial charge in [-0.15, -0.1) is 0 Å². The monoisotopic (exact) mass is 445 g/mol. The minimum absolute atomic E-state index is 0.160. The van der Waals surface area contributed by atoms with Crippen molar-refractivity contribution in [3.63, 3.8) is 0 Å². The molecule has 5 nitrogen and oxygen atoms in total. The molecule has 2 aliphatic heterocycles. The number of ether oxygens (including phenoxy) is 1. The van der Waals surface area contributed by atoms with Crippen molar-refractivity contribution in [2.75, 3.05) is 39.8 Å². The number of hydrogen-bond donors (Lipinski definition) is 1. The Morgan fingerprint density at radius 2 is 1.85 bits per heavy atom. The van der Waals surface area contributed by atoms with E-state index in [1.54, 1.807) is 0 Å². The number of carbonyl (C=O) groups is 1. The molecule has 1 spiro atoms. The summed E-state index contributed by atoms with van der Waals surface area (Å²) in [5.74, 6) is 1.21. The number of fused-ring (bicyclic) bond motifs is 2. The topological polar surface area (TPSA) is 48.6 Å². The number of nitrogens with zero attached hydrogens (tertiary/aromatic N) is 2. The van der Waals surface area contributed by atoms with Crippen molar-refractivity contribution < 1.29 is 9.53 Å². The Labute approximate surface area is 196 Å². The van der Waals surface area contributed by atoms with E-state index in [1.165, 1.54) is 24.8 Å². The fourth-order valence-corrected chi connectivity index (χ4v) is 5.66. The number of likely N-dealkylation sites (N-methyl/N-ethyl adjacent to an activating group) is 1. The van der Waals surface area contributed by atoms with Gasteiger partial charge in [0.1, 0.15) is 12.4 Å². The molecule has 174 valence electrons. The summed E-state index contributed by atoms with van der Waals surface area (Å²) >= 11 is 0. The summed E-state index contributed by atoms with van der Waals surface area (Å²) in [5, 5.41) is 1.15. The van der Waals surface area contributed by atoms with Crippen molar-refractivity contribution in [3.05, 3.63) is 65.9 Å². The van der Waals surface area contributed by atoms with E-state index in [0.29, 0.717) is 0 Å².